The van der Waals surface area contributed by atoms with Crippen LogP contribution in [0.15, 0.2) is 24.5 Å². The fourth-order valence-corrected chi connectivity index (χ4v) is 2.90. The molecule has 2 aromatic rings. The second kappa shape index (κ2) is 6.73. The summed E-state index contributed by atoms with van der Waals surface area (Å²) in [5.74, 6) is 0.736. The van der Waals surface area contributed by atoms with Crippen molar-refractivity contribution in [3.8, 4) is 0 Å². The topological polar surface area (TPSA) is 37.2 Å². The minimum atomic E-state index is -0.228. The van der Waals surface area contributed by atoms with Gasteiger partial charge in [0.2, 0.25) is 0 Å². The second-order valence-electron chi connectivity index (χ2n) is 5.55. The number of aryl methyl sites for hydroxylation is 1. The van der Waals surface area contributed by atoms with Gasteiger partial charge in [0, 0.05) is 50.4 Å². The molecule has 1 fully saturated rings. The Bertz CT molecular complexity index is 616. The molecule has 5 nitrogen and oxygen atoms in total. The summed E-state index contributed by atoms with van der Waals surface area (Å²) in [6, 6.07) is 4.84. The molecule has 0 aliphatic carbocycles. The first-order chi connectivity index (χ1) is 10.6. The lowest BCUT2D eigenvalue weighted by Gasteiger charge is -2.34. The maximum absolute atomic E-state index is 13.8. The molecule has 1 aromatic heterocycles. The van der Waals surface area contributed by atoms with Crippen LogP contribution in [0.4, 0.5) is 4.39 Å². The third-order valence-corrected chi connectivity index (χ3v) is 4.43. The van der Waals surface area contributed by atoms with E-state index >= 15 is 0 Å². The lowest BCUT2D eigenvalue weighted by molar-refractivity contribution is 0.118. The molecule has 0 atom stereocenters. The number of aromatic nitrogens is 3. The van der Waals surface area contributed by atoms with Crippen LogP contribution in [0.1, 0.15) is 11.4 Å². The van der Waals surface area contributed by atoms with Crippen LogP contribution in [-0.2, 0) is 20.1 Å². The lowest BCUT2D eigenvalue weighted by Crippen LogP contribution is -2.45. The van der Waals surface area contributed by atoms with E-state index in [9.17, 15) is 4.39 Å². The van der Waals surface area contributed by atoms with Gasteiger partial charge in [-0.25, -0.2) is 9.37 Å². The molecule has 0 bridgehead atoms. The second-order valence-corrected chi connectivity index (χ2v) is 5.96. The molecule has 0 spiro atoms. The summed E-state index contributed by atoms with van der Waals surface area (Å²) in [5, 5.41) is 4.59. The molecule has 1 aliphatic heterocycles. The van der Waals surface area contributed by atoms with Crippen LogP contribution in [0.2, 0.25) is 5.02 Å². The summed E-state index contributed by atoms with van der Waals surface area (Å²) >= 11 is 6.09. The standard InChI is InChI=1S/C15H19ClFN5/c1-20-15(18-11-19-20)10-22-7-5-21(6-8-22)9-12-13(16)3-2-4-14(12)17/h2-4,11H,5-10H2,1H3. The Hall–Kier alpha value is -1.50. The highest BCUT2D eigenvalue weighted by Crippen LogP contribution is 2.21. The number of hydrogen-bond donors (Lipinski definition) is 0. The zero-order chi connectivity index (χ0) is 15.5. The zero-order valence-corrected chi connectivity index (χ0v) is 13.3. The molecule has 0 saturated carbocycles. The first-order valence-corrected chi connectivity index (χ1v) is 7.72. The van der Waals surface area contributed by atoms with E-state index in [2.05, 4.69) is 19.9 Å². The number of halogens is 2. The van der Waals surface area contributed by atoms with Crippen molar-refractivity contribution in [2.75, 3.05) is 26.2 Å². The van der Waals surface area contributed by atoms with E-state index in [0.29, 0.717) is 17.1 Å². The van der Waals surface area contributed by atoms with Gasteiger partial charge in [-0.2, -0.15) is 5.10 Å². The summed E-state index contributed by atoms with van der Waals surface area (Å²) in [4.78, 5) is 8.82. The quantitative estimate of drug-likeness (QED) is 0.861. The molecule has 1 aliphatic rings. The Morgan fingerprint density at radius 1 is 1.14 bits per heavy atom. The third kappa shape index (κ3) is 3.45. The van der Waals surface area contributed by atoms with Crippen molar-refractivity contribution in [1.82, 2.24) is 24.6 Å². The van der Waals surface area contributed by atoms with Gasteiger partial charge in [0.15, 0.2) is 0 Å². The van der Waals surface area contributed by atoms with Gasteiger partial charge < -0.3 is 0 Å². The highest BCUT2D eigenvalue weighted by atomic mass is 35.5. The molecule has 0 N–H and O–H groups in total. The van der Waals surface area contributed by atoms with Gasteiger partial charge in [-0.3, -0.25) is 14.5 Å². The van der Waals surface area contributed by atoms with Gasteiger partial charge in [-0.05, 0) is 12.1 Å². The van der Waals surface area contributed by atoms with Crippen molar-refractivity contribution < 1.29 is 4.39 Å². The predicted octanol–water partition coefficient (Wildman–Crippen LogP) is 1.93. The van der Waals surface area contributed by atoms with Gasteiger partial charge in [0.25, 0.3) is 0 Å². The van der Waals surface area contributed by atoms with E-state index < -0.39 is 0 Å². The molecule has 118 valence electrons. The third-order valence-electron chi connectivity index (χ3n) is 4.08. The summed E-state index contributed by atoms with van der Waals surface area (Å²) in [7, 11) is 1.90. The summed E-state index contributed by atoms with van der Waals surface area (Å²) < 4.78 is 15.6. The average molecular weight is 324 g/mol. The van der Waals surface area contributed by atoms with Gasteiger partial charge in [-0.1, -0.05) is 17.7 Å². The number of hydrogen-bond acceptors (Lipinski definition) is 4. The summed E-state index contributed by atoms with van der Waals surface area (Å²) in [5.41, 5.74) is 0.589. The summed E-state index contributed by atoms with van der Waals surface area (Å²) in [6.45, 7) is 5.00. The first-order valence-electron chi connectivity index (χ1n) is 7.34. The molecule has 0 radical (unpaired) electrons. The number of nitrogens with zero attached hydrogens (tertiary/aromatic N) is 5. The highest BCUT2D eigenvalue weighted by molar-refractivity contribution is 6.31. The van der Waals surface area contributed by atoms with Crippen molar-refractivity contribution in [1.29, 1.82) is 0 Å². The fourth-order valence-electron chi connectivity index (χ4n) is 2.68. The molecule has 22 heavy (non-hydrogen) atoms. The van der Waals surface area contributed by atoms with Crippen LogP contribution < -0.4 is 0 Å². The van der Waals surface area contributed by atoms with Crippen molar-refractivity contribution in [3.63, 3.8) is 0 Å². The van der Waals surface area contributed by atoms with Gasteiger partial charge in [-0.15, -0.1) is 0 Å². The Balaban J connectivity index is 1.55. The SMILES string of the molecule is Cn1ncnc1CN1CCN(Cc2c(F)cccc2Cl)CC1. The maximum Gasteiger partial charge on any atom is 0.140 e. The van der Waals surface area contributed by atoms with E-state index in [4.69, 9.17) is 11.6 Å². The van der Waals surface area contributed by atoms with Gasteiger partial charge >= 0.3 is 0 Å². The summed E-state index contributed by atoms with van der Waals surface area (Å²) in [6.07, 6.45) is 1.58. The molecular weight excluding hydrogens is 305 g/mol. The highest BCUT2D eigenvalue weighted by Gasteiger charge is 2.20. The largest absolute Gasteiger partial charge is 0.296 e. The van der Waals surface area contributed by atoms with Gasteiger partial charge in [0.05, 0.1) is 6.54 Å². The first kappa shape index (κ1) is 15.4. The minimum absolute atomic E-state index is 0.228. The van der Waals surface area contributed by atoms with Crippen LogP contribution in [0.3, 0.4) is 0 Å². The molecule has 0 unspecified atom stereocenters. The van der Waals surface area contributed by atoms with Crippen LogP contribution in [0.25, 0.3) is 0 Å². The van der Waals surface area contributed by atoms with E-state index in [0.717, 1.165) is 38.5 Å². The average Bonchev–Trinajstić information content (AvgIpc) is 2.90. The Kier molecular flexibility index (Phi) is 4.71. The molecular formula is C15H19ClFN5. The van der Waals surface area contributed by atoms with E-state index in [-0.39, 0.29) is 5.82 Å². The monoisotopic (exact) mass is 323 g/mol. The Morgan fingerprint density at radius 2 is 1.82 bits per heavy atom. The number of piperazine rings is 1. The molecule has 3 rings (SSSR count). The van der Waals surface area contributed by atoms with Crippen LogP contribution in [-0.4, -0.2) is 50.7 Å². The van der Waals surface area contributed by atoms with E-state index in [1.165, 1.54) is 6.07 Å². The molecule has 1 aromatic carbocycles. The van der Waals surface area contributed by atoms with Crippen LogP contribution in [0, 0.1) is 5.82 Å². The van der Waals surface area contributed by atoms with Crippen molar-refractivity contribution >= 4 is 11.6 Å². The zero-order valence-electron chi connectivity index (χ0n) is 12.5. The van der Waals surface area contributed by atoms with Crippen molar-refractivity contribution in [3.05, 3.63) is 46.8 Å². The number of benzene rings is 1. The van der Waals surface area contributed by atoms with Crippen molar-refractivity contribution in [2.45, 2.75) is 13.1 Å². The Morgan fingerprint density at radius 3 is 2.41 bits per heavy atom. The predicted molar refractivity (Wildman–Crippen MR) is 83.0 cm³/mol. The molecule has 2 heterocycles. The van der Waals surface area contributed by atoms with E-state index in [1.807, 2.05) is 7.05 Å². The normalized spacial score (nSPS) is 17.0. The smallest absolute Gasteiger partial charge is 0.140 e. The fraction of sp³-hybridized carbons (Fsp3) is 0.467. The Labute approximate surface area is 134 Å². The molecule has 1 saturated heterocycles. The van der Waals surface area contributed by atoms with Gasteiger partial charge in [0.1, 0.15) is 18.0 Å². The molecule has 7 heteroatoms. The van der Waals surface area contributed by atoms with Crippen LogP contribution >= 0.6 is 11.6 Å². The van der Waals surface area contributed by atoms with Crippen LogP contribution in [0.5, 0.6) is 0 Å². The van der Waals surface area contributed by atoms with E-state index in [1.54, 1.807) is 23.1 Å². The molecule has 0 amide bonds. The lowest BCUT2D eigenvalue weighted by atomic mass is 10.2. The number of rotatable bonds is 4. The minimum Gasteiger partial charge on any atom is -0.296 e. The van der Waals surface area contributed by atoms with Crippen molar-refractivity contribution in [2.24, 2.45) is 7.05 Å². The maximum atomic E-state index is 13.8.